The minimum atomic E-state index is -9.39. The third-order valence-electron chi connectivity index (χ3n) is 0.309. The number of halogens is 5. The van der Waals surface area contributed by atoms with Gasteiger partial charge in [0.15, 0.2) is 0 Å². The maximum absolute atomic E-state index is 11.0. The lowest BCUT2D eigenvalue weighted by molar-refractivity contribution is 0.370. The van der Waals surface area contributed by atoms with Crippen molar-refractivity contribution >= 4 is 10.2 Å². The Labute approximate surface area is 48.0 Å². The fraction of sp³-hybridized carbons (Fsp3) is 0.500. The van der Waals surface area contributed by atoms with E-state index in [0.717, 1.165) is 0 Å². The van der Waals surface area contributed by atoms with E-state index in [9.17, 15) is 19.4 Å². The van der Waals surface area contributed by atoms with Crippen LogP contribution in [-0.4, -0.2) is 5.88 Å². The molecule has 0 radical (unpaired) electrons. The number of nitrogens with zero attached hydrogens (tertiary/aromatic N) is 1. The van der Waals surface area contributed by atoms with E-state index in [2.05, 4.69) is 0 Å². The molecule has 56 valence electrons. The van der Waals surface area contributed by atoms with Crippen LogP contribution in [0, 0.1) is 6.57 Å². The zero-order valence-corrected chi connectivity index (χ0v) is 4.77. The average Bonchev–Trinajstić information content (AvgIpc) is 1.22. The summed E-state index contributed by atoms with van der Waals surface area (Å²) in [4.78, 5) is 1.58. The molecule has 0 fully saturated rings. The van der Waals surface area contributed by atoms with Gasteiger partial charge >= 0.3 is 16.1 Å². The van der Waals surface area contributed by atoms with Crippen LogP contribution in [0.2, 0.25) is 0 Å². The third kappa shape index (κ3) is 7.49. The van der Waals surface area contributed by atoms with E-state index in [0.29, 0.717) is 0 Å². The van der Waals surface area contributed by atoms with Crippen LogP contribution >= 0.6 is 10.2 Å². The topological polar surface area (TPSA) is 4.36 Å². The summed E-state index contributed by atoms with van der Waals surface area (Å²) in [6.45, 7) is 5.56. The molecule has 0 aromatic heterocycles. The summed E-state index contributed by atoms with van der Waals surface area (Å²) in [5.74, 6) is -2.65. The molecule has 0 bridgehead atoms. The van der Waals surface area contributed by atoms with Crippen LogP contribution in [0.25, 0.3) is 4.85 Å². The molecule has 0 atom stereocenters. The summed E-state index contributed by atoms with van der Waals surface area (Å²) < 4.78 is 55.0. The first kappa shape index (κ1) is 8.49. The summed E-state index contributed by atoms with van der Waals surface area (Å²) in [7, 11) is -9.39. The summed E-state index contributed by atoms with van der Waals surface area (Å²) in [6, 6.07) is 0. The number of hydrogen-bond donors (Lipinski definition) is 0. The van der Waals surface area contributed by atoms with Gasteiger partial charge in [0.1, 0.15) is 0 Å². The molecule has 0 rings (SSSR count). The van der Waals surface area contributed by atoms with Crippen LogP contribution in [0.5, 0.6) is 0 Å². The molecule has 0 aromatic carbocycles. The van der Waals surface area contributed by atoms with Gasteiger partial charge in [-0.15, -0.1) is 0 Å². The molecule has 7 heteroatoms. The molecule has 0 saturated heterocycles. The fourth-order valence-corrected chi connectivity index (χ4v) is 0.366. The van der Waals surface area contributed by atoms with Crippen LogP contribution in [0.3, 0.4) is 0 Å². The highest BCUT2D eigenvalue weighted by Crippen LogP contribution is 2.97. The molecular formula is C2H2F5NS. The lowest BCUT2D eigenvalue weighted by atomic mass is 11.5. The van der Waals surface area contributed by atoms with Crippen molar-refractivity contribution in [1.29, 1.82) is 0 Å². The van der Waals surface area contributed by atoms with Crippen molar-refractivity contribution < 1.29 is 19.4 Å². The third-order valence-corrected chi connectivity index (χ3v) is 0.926. The second kappa shape index (κ2) is 1.16. The monoisotopic (exact) mass is 167 g/mol. The molecule has 0 N–H and O–H groups in total. The second-order valence-electron chi connectivity index (χ2n) is 1.42. The Bertz CT molecular complexity index is 157. The molecule has 0 spiro atoms. The highest BCUT2D eigenvalue weighted by atomic mass is 32.5. The number of rotatable bonds is 1. The minimum Gasteiger partial charge on any atom is -0.295 e. The van der Waals surface area contributed by atoms with E-state index >= 15 is 0 Å². The van der Waals surface area contributed by atoms with Gasteiger partial charge in [0.05, 0.1) is 0 Å². The molecular weight excluding hydrogens is 165 g/mol. The van der Waals surface area contributed by atoms with Gasteiger partial charge in [-0.3, -0.25) is 4.85 Å². The molecule has 0 unspecified atom stereocenters. The summed E-state index contributed by atoms with van der Waals surface area (Å²) in [6.07, 6.45) is 0. The van der Waals surface area contributed by atoms with Gasteiger partial charge in [0.25, 0.3) is 0 Å². The Morgan fingerprint density at radius 1 is 1.11 bits per heavy atom. The molecule has 1 nitrogen and oxygen atoms in total. The van der Waals surface area contributed by atoms with Gasteiger partial charge in [0, 0.05) is 0 Å². The maximum Gasteiger partial charge on any atom is 0.352 e. The van der Waals surface area contributed by atoms with Crippen molar-refractivity contribution in [2.75, 3.05) is 5.88 Å². The van der Waals surface area contributed by atoms with E-state index in [1.54, 1.807) is 4.85 Å². The van der Waals surface area contributed by atoms with Gasteiger partial charge in [-0.1, -0.05) is 19.4 Å². The van der Waals surface area contributed by atoms with E-state index in [1.165, 1.54) is 0 Å². The predicted molar refractivity (Wildman–Crippen MR) is 24.6 cm³/mol. The summed E-state index contributed by atoms with van der Waals surface area (Å²) in [5, 5.41) is 0. The average molecular weight is 167 g/mol. The maximum atomic E-state index is 11.0. The molecule has 0 aliphatic carbocycles. The SMILES string of the molecule is [C-]#[N+]CS(F)(F)(F)(F)F. The predicted octanol–water partition coefficient (Wildman–Crippen LogP) is 3.16. The highest BCUT2D eigenvalue weighted by molar-refractivity contribution is 8.45. The molecule has 0 saturated carbocycles. The van der Waals surface area contributed by atoms with Gasteiger partial charge in [0.2, 0.25) is 0 Å². The lowest BCUT2D eigenvalue weighted by Crippen LogP contribution is -2.07. The molecule has 0 heterocycles. The lowest BCUT2D eigenvalue weighted by Gasteiger charge is -2.34. The van der Waals surface area contributed by atoms with Gasteiger partial charge in [-0.2, -0.15) is 0 Å². The van der Waals surface area contributed by atoms with Crippen LogP contribution in [-0.2, 0) is 0 Å². The normalized spacial score (nSPS) is 19.6. The van der Waals surface area contributed by atoms with Gasteiger partial charge in [-0.25, -0.2) is 6.57 Å². The molecule has 0 amide bonds. The van der Waals surface area contributed by atoms with Gasteiger partial charge in [-0.05, 0) is 0 Å². The van der Waals surface area contributed by atoms with Crippen LogP contribution < -0.4 is 0 Å². The van der Waals surface area contributed by atoms with E-state index in [-0.39, 0.29) is 0 Å². The molecule has 0 aromatic rings. The second-order valence-corrected chi connectivity index (χ2v) is 3.93. The van der Waals surface area contributed by atoms with Crippen molar-refractivity contribution in [3.8, 4) is 0 Å². The van der Waals surface area contributed by atoms with Crippen molar-refractivity contribution in [3.05, 3.63) is 11.4 Å². The van der Waals surface area contributed by atoms with Crippen LogP contribution in [0.4, 0.5) is 19.4 Å². The first-order chi connectivity index (χ1) is 3.54. The smallest absolute Gasteiger partial charge is 0.295 e. The zero-order chi connectivity index (χ0) is 7.82. The molecule has 9 heavy (non-hydrogen) atoms. The Morgan fingerprint density at radius 3 is 1.44 bits per heavy atom. The molecule has 0 aliphatic rings. The Kier molecular flexibility index (Phi) is 1.09. The van der Waals surface area contributed by atoms with Crippen molar-refractivity contribution in [2.45, 2.75) is 0 Å². The zero-order valence-electron chi connectivity index (χ0n) is 3.95. The quantitative estimate of drug-likeness (QED) is 0.417. The van der Waals surface area contributed by atoms with Crippen LogP contribution in [0.1, 0.15) is 0 Å². The standard InChI is InChI=1S/C2H2F5NS/c1-8-2-9(3,4,5,6)7/h2H2. The summed E-state index contributed by atoms with van der Waals surface area (Å²) in [5.41, 5.74) is 0. The van der Waals surface area contributed by atoms with E-state index in [1.807, 2.05) is 0 Å². The minimum absolute atomic E-state index is 1.58. The van der Waals surface area contributed by atoms with Crippen molar-refractivity contribution in [1.82, 2.24) is 0 Å². The first-order valence-corrected chi connectivity index (χ1v) is 3.72. The Balaban J connectivity index is 4.59. The first-order valence-electron chi connectivity index (χ1n) is 1.60. The summed E-state index contributed by atoms with van der Waals surface area (Å²) >= 11 is 0. The highest BCUT2D eigenvalue weighted by Gasteiger charge is 2.67. The largest absolute Gasteiger partial charge is 0.352 e. The fourth-order valence-electron chi connectivity index (χ4n) is 0.122. The molecule has 0 aliphatic heterocycles. The Morgan fingerprint density at radius 2 is 1.44 bits per heavy atom. The van der Waals surface area contributed by atoms with Gasteiger partial charge < -0.3 is 0 Å². The van der Waals surface area contributed by atoms with Crippen LogP contribution in [0.15, 0.2) is 0 Å². The van der Waals surface area contributed by atoms with E-state index < -0.39 is 16.1 Å². The Hall–Kier alpha value is -0.510. The van der Waals surface area contributed by atoms with Crippen molar-refractivity contribution in [2.24, 2.45) is 0 Å². The number of hydrogen-bond acceptors (Lipinski definition) is 0. The van der Waals surface area contributed by atoms with Crippen molar-refractivity contribution in [3.63, 3.8) is 0 Å². The van der Waals surface area contributed by atoms with E-state index in [4.69, 9.17) is 6.57 Å².